The third kappa shape index (κ3) is 3.30. The quantitative estimate of drug-likeness (QED) is 0.605. The minimum Gasteiger partial charge on any atom is -0.468 e. The Bertz CT molecular complexity index is 455. The van der Waals surface area contributed by atoms with E-state index in [1.54, 1.807) is 6.26 Å². The van der Waals surface area contributed by atoms with E-state index in [0.29, 0.717) is 5.82 Å². The number of rotatable bonds is 5. The zero-order chi connectivity index (χ0) is 12.1. The summed E-state index contributed by atoms with van der Waals surface area (Å²) in [6, 6.07) is 9.58. The number of anilines is 1. The van der Waals surface area contributed by atoms with Crippen LogP contribution in [-0.4, -0.2) is 16.9 Å². The molecule has 2 aromatic heterocycles. The lowest BCUT2D eigenvalue weighted by Crippen LogP contribution is -2.18. The van der Waals surface area contributed by atoms with Crippen LogP contribution in [0.1, 0.15) is 11.5 Å². The number of nitrogens with two attached hydrogens (primary N) is 1. The van der Waals surface area contributed by atoms with Crippen molar-refractivity contribution in [3.8, 4) is 0 Å². The molecule has 0 aliphatic carbocycles. The van der Waals surface area contributed by atoms with Crippen molar-refractivity contribution in [3.05, 3.63) is 48.0 Å². The number of pyridine rings is 1. The first-order valence-corrected chi connectivity index (χ1v) is 5.41. The molecule has 2 heterocycles. The predicted octanol–water partition coefficient (Wildman–Crippen LogP) is 1.59. The Morgan fingerprint density at radius 3 is 2.88 bits per heavy atom. The molecule has 17 heavy (non-hydrogen) atoms. The fourth-order valence-corrected chi connectivity index (χ4v) is 1.65. The molecule has 2 aromatic rings. The molecule has 0 aliphatic heterocycles. The molecule has 0 fully saturated rings. The van der Waals surface area contributed by atoms with Crippen LogP contribution >= 0.6 is 0 Å². The van der Waals surface area contributed by atoms with Gasteiger partial charge in [0.1, 0.15) is 11.6 Å². The van der Waals surface area contributed by atoms with Crippen molar-refractivity contribution in [1.29, 1.82) is 0 Å². The molecule has 0 spiro atoms. The lowest BCUT2D eigenvalue weighted by molar-refractivity contribution is 0.285. The minimum atomic E-state index is 0.675. The van der Waals surface area contributed by atoms with Gasteiger partial charge in [-0.05, 0) is 31.3 Å². The molecule has 0 bridgehead atoms. The Morgan fingerprint density at radius 1 is 1.29 bits per heavy atom. The highest BCUT2D eigenvalue weighted by molar-refractivity contribution is 5.33. The summed E-state index contributed by atoms with van der Waals surface area (Å²) in [4.78, 5) is 6.48. The summed E-state index contributed by atoms with van der Waals surface area (Å²) < 4.78 is 5.29. The van der Waals surface area contributed by atoms with Crippen molar-refractivity contribution < 1.29 is 4.42 Å². The van der Waals surface area contributed by atoms with Crippen molar-refractivity contribution in [3.63, 3.8) is 0 Å². The van der Waals surface area contributed by atoms with Crippen molar-refractivity contribution in [1.82, 2.24) is 9.88 Å². The molecule has 0 amide bonds. The molecular formula is C12H16N4O. The average molecular weight is 232 g/mol. The minimum absolute atomic E-state index is 0.675. The van der Waals surface area contributed by atoms with E-state index in [-0.39, 0.29) is 0 Å². The van der Waals surface area contributed by atoms with Gasteiger partial charge in [-0.3, -0.25) is 4.90 Å². The first-order valence-electron chi connectivity index (χ1n) is 5.41. The molecule has 2 rings (SSSR count). The van der Waals surface area contributed by atoms with Crippen LogP contribution in [0.4, 0.5) is 5.82 Å². The Kier molecular flexibility index (Phi) is 3.74. The monoisotopic (exact) mass is 232 g/mol. The molecule has 0 aromatic carbocycles. The number of nitrogens with zero attached hydrogens (tertiary/aromatic N) is 2. The zero-order valence-electron chi connectivity index (χ0n) is 9.76. The summed E-state index contributed by atoms with van der Waals surface area (Å²) in [7, 11) is 2.02. The van der Waals surface area contributed by atoms with E-state index in [1.807, 2.05) is 37.4 Å². The number of furan rings is 1. The Balaban J connectivity index is 1.95. The standard InChI is InChI=1S/C12H16N4O/c1-16(9-11-5-3-7-17-11)8-10-4-2-6-12(14-10)15-13/h2-7H,8-9,13H2,1H3,(H,14,15). The van der Waals surface area contributed by atoms with Crippen LogP contribution in [0.15, 0.2) is 41.0 Å². The number of hydrazine groups is 1. The predicted molar refractivity (Wildman–Crippen MR) is 65.9 cm³/mol. The maximum Gasteiger partial charge on any atom is 0.140 e. The Labute approximate surface area is 100 Å². The number of hydrogen-bond donors (Lipinski definition) is 2. The first kappa shape index (κ1) is 11.6. The second kappa shape index (κ2) is 5.47. The highest BCUT2D eigenvalue weighted by Gasteiger charge is 2.05. The van der Waals surface area contributed by atoms with Crippen LogP contribution < -0.4 is 11.3 Å². The van der Waals surface area contributed by atoms with Crippen LogP contribution in [0.25, 0.3) is 0 Å². The third-order valence-electron chi connectivity index (χ3n) is 2.39. The van der Waals surface area contributed by atoms with E-state index in [2.05, 4.69) is 15.3 Å². The smallest absolute Gasteiger partial charge is 0.140 e. The Hall–Kier alpha value is -1.85. The highest BCUT2D eigenvalue weighted by Crippen LogP contribution is 2.09. The topological polar surface area (TPSA) is 67.3 Å². The molecule has 3 N–H and O–H groups in total. The third-order valence-corrected chi connectivity index (χ3v) is 2.39. The lowest BCUT2D eigenvalue weighted by Gasteiger charge is -2.14. The maximum atomic E-state index is 5.32. The molecule has 5 heteroatoms. The molecule has 5 nitrogen and oxygen atoms in total. The fraction of sp³-hybridized carbons (Fsp3) is 0.250. The molecule has 0 radical (unpaired) electrons. The summed E-state index contributed by atoms with van der Waals surface area (Å²) in [5, 5.41) is 0. The number of aromatic nitrogens is 1. The van der Waals surface area contributed by atoms with Crippen molar-refractivity contribution in [2.75, 3.05) is 12.5 Å². The number of nitrogens with one attached hydrogen (secondary N) is 1. The van der Waals surface area contributed by atoms with Crippen LogP contribution in [0, 0.1) is 0 Å². The van der Waals surface area contributed by atoms with Gasteiger partial charge in [-0.15, -0.1) is 0 Å². The van der Waals surface area contributed by atoms with E-state index >= 15 is 0 Å². The van der Waals surface area contributed by atoms with E-state index in [1.165, 1.54) is 0 Å². The van der Waals surface area contributed by atoms with Crippen LogP contribution in [0.3, 0.4) is 0 Å². The van der Waals surface area contributed by atoms with Gasteiger partial charge in [-0.2, -0.15) is 0 Å². The maximum absolute atomic E-state index is 5.32. The molecule has 0 saturated carbocycles. The van der Waals surface area contributed by atoms with E-state index < -0.39 is 0 Å². The van der Waals surface area contributed by atoms with E-state index in [0.717, 1.165) is 24.5 Å². The normalized spacial score (nSPS) is 10.8. The van der Waals surface area contributed by atoms with Crippen molar-refractivity contribution in [2.24, 2.45) is 5.84 Å². The van der Waals surface area contributed by atoms with Crippen LogP contribution in [-0.2, 0) is 13.1 Å². The summed E-state index contributed by atoms with van der Waals surface area (Å²) in [5.74, 6) is 6.94. The van der Waals surface area contributed by atoms with Gasteiger partial charge in [0.05, 0.1) is 18.5 Å². The van der Waals surface area contributed by atoms with E-state index in [4.69, 9.17) is 10.3 Å². The van der Waals surface area contributed by atoms with Crippen molar-refractivity contribution >= 4 is 5.82 Å². The SMILES string of the molecule is CN(Cc1cccc(NN)n1)Cc1ccco1. The fourth-order valence-electron chi connectivity index (χ4n) is 1.65. The number of hydrogen-bond acceptors (Lipinski definition) is 5. The van der Waals surface area contributed by atoms with Crippen LogP contribution in [0.2, 0.25) is 0 Å². The molecule has 90 valence electrons. The summed E-state index contributed by atoms with van der Waals surface area (Å²) in [5.41, 5.74) is 3.51. The highest BCUT2D eigenvalue weighted by atomic mass is 16.3. The summed E-state index contributed by atoms with van der Waals surface area (Å²) >= 11 is 0. The van der Waals surface area contributed by atoms with Gasteiger partial charge in [0.15, 0.2) is 0 Å². The average Bonchev–Trinajstić information content (AvgIpc) is 2.82. The lowest BCUT2D eigenvalue weighted by atomic mass is 10.3. The largest absolute Gasteiger partial charge is 0.468 e. The molecule has 0 unspecified atom stereocenters. The van der Waals surface area contributed by atoms with Gasteiger partial charge in [-0.25, -0.2) is 10.8 Å². The summed E-state index contributed by atoms with van der Waals surface area (Å²) in [6.07, 6.45) is 1.68. The molecule has 0 aliphatic rings. The molecule has 0 saturated heterocycles. The first-order chi connectivity index (χ1) is 8.28. The Morgan fingerprint density at radius 2 is 2.18 bits per heavy atom. The van der Waals surface area contributed by atoms with Gasteiger partial charge in [-0.1, -0.05) is 6.07 Å². The second-order valence-electron chi connectivity index (χ2n) is 3.91. The molecule has 0 atom stereocenters. The van der Waals surface area contributed by atoms with Crippen LogP contribution in [0.5, 0.6) is 0 Å². The van der Waals surface area contributed by atoms with Gasteiger partial charge in [0, 0.05) is 6.54 Å². The van der Waals surface area contributed by atoms with Gasteiger partial charge >= 0.3 is 0 Å². The zero-order valence-corrected chi connectivity index (χ0v) is 9.76. The molecular weight excluding hydrogens is 216 g/mol. The van der Waals surface area contributed by atoms with Gasteiger partial charge < -0.3 is 9.84 Å². The van der Waals surface area contributed by atoms with Crippen molar-refractivity contribution in [2.45, 2.75) is 13.1 Å². The second-order valence-corrected chi connectivity index (χ2v) is 3.91. The van der Waals surface area contributed by atoms with Gasteiger partial charge in [0.2, 0.25) is 0 Å². The van der Waals surface area contributed by atoms with Gasteiger partial charge in [0.25, 0.3) is 0 Å². The number of nitrogen functional groups attached to an aromatic ring is 1. The van der Waals surface area contributed by atoms with E-state index in [9.17, 15) is 0 Å². The summed E-state index contributed by atoms with van der Waals surface area (Å²) in [6.45, 7) is 1.51.